The molecule has 0 aromatic heterocycles. The van der Waals surface area contributed by atoms with Gasteiger partial charge in [-0.05, 0) is 55.3 Å². The van der Waals surface area contributed by atoms with Crippen molar-refractivity contribution in [3.05, 3.63) is 52.5 Å². The summed E-state index contributed by atoms with van der Waals surface area (Å²) in [4.78, 5) is 0.170. The Morgan fingerprint density at radius 3 is 2.50 bits per heavy atom. The first-order valence-electron chi connectivity index (χ1n) is 5.95. The van der Waals surface area contributed by atoms with Crippen LogP contribution in [0.25, 0.3) is 0 Å². The minimum Gasteiger partial charge on any atom is -0.399 e. The molecule has 2 aromatic carbocycles. The number of nitrogen functional groups attached to an aromatic ring is 1. The molecule has 4 nitrogen and oxygen atoms in total. The lowest BCUT2D eigenvalue weighted by molar-refractivity contribution is 0.601. The topological polar surface area (TPSA) is 72.2 Å². The van der Waals surface area contributed by atoms with Crippen molar-refractivity contribution < 1.29 is 8.42 Å². The number of hydrogen-bond donors (Lipinski definition) is 2. The Hall–Kier alpha value is -1.72. The van der Waals surface area contributed by atoms with Crippen molar-refractivity contribution >= 4 is 33.0 Å². The smallest absolute Gasteiger partial charge is 0.261 e. The molecule has 0 amide bonds. The highest BCUT2D eigenvalue weighted by Crippen LogP contribution is 2.26. The van der Waals surface area contributed by atoms with Gasteiger partial charge in [0.05, 0.1) is 10.6 Å². The molecule has 0 unspecified atom stereocenters. The van der Waals surface area contributed by atoms with Gasteiger partial charge in [-0.25, -0.2) is 8.42 Å². The van der Waals surface area contributed by atoms with E-state index in [0.29, 0.717) is 22.0 Å². The van der Waals surface area contributed by atoms with Crippen LogP contribution in [0, 0.1) is 13.8 Å². The Morgan fingerprint density at radius 2 is 1.85 bits per heavy atom. The van der Waals surface area contributed by atoms with Gasteiger partial charge in [0.25, 0.3) is 10.0 Å². The van der Waals surface area contributed by atoms with Crippen molar-refractivity contribution in [2.45, 2.75) is 18.7 Å². The van der Waals surface area contributed by atoms with Crippen LogP contribution < -0.4 is 10.5 Å². The van der Waals surface area contributed by atoms with Crippen LogP contribution in [0.1, 0.15) is 11.1 Å². The van der Waals surface area contributed by atoms with Gasteiger partial charge >= 0.3 is 0 Å². The zero-order chi connectivity index (χ0) is 14.9. The fraction of sp³-hybridized carbons (Fsp3) is 0.143. The van der Waals surface area contributed by atoms with Crippen molar-refractivity contribution in [2.24, 2.45) is 0 Å². The zero-order valence-corrected chi connectivity index (χ0v) is 12.7. The second kappa shape index (κ2) is 5.34. The number of benzene rings is 2. The van der Waals surface area contributed by atoms with E-state index in [1.54, 1.807) is 38.1 Å². The Morgan fingerprint density at radius 1 is 1.15 bits per heavy atom. The lowest BCUT2D eigenvalue weighted by atomic mass is 10.2. The SMILES string of the molecule is Cc1cc(S(=O)(=O)Nc2cccc(Cl)c2C)ccc1N. The maximum atomic E-state index is 12.3. The lowest BCUT2D eigenvalue weighted by Crippen LogP contribution is -2.14. The van der Waals surface area contributed by atoms with Crippen LogP contribution in [-0.4, -0.2) is 8.42 Å². The zero-order valence-electron chi connectivity index (χ0n) is 11.1. The van der Waals surface area contributed by atoms with Gasteiger partial charge in [-0.15, -0.1) is 0 Å². The van der Waals surface area contributed by atoms with Gasteiger partial charge in [0, 0.05) is 10.7 Å². The molecule has 106 valence electrons. The summed E-state index contributed by atoms with van der Waals surface area (Å²) in [6.07, 6.45) is 0. The Kier molecular flexibility index (Phi) is 3.92. The van der Waals surface area contributed by atoms with Crippen LogP contribution in [0.15, 0.2) is 41.3 Å². The normalized spacial score (nSPS) is 11.3. The van der Waals surface area contributed by atoms with Crippen LogP contribution in [0.2, 0.25) is 5.02 Å². The molecule has 0 fully saturated rings. The molecule has 20 heavy (non-hydrogen) atoms. The molecule has 0 spiro atoms. The van der Waals surface area contributed by atoms with Gasteiger partial charge in [-0.2, -0.15) is 0 Å². The number of sulfonamides is 1. The fourth-order valence-electron chi connectivity index (χ4n) is 1.74. The third-order valence-corrected chi connectivity index (χ3v) is 4.84. The summed E-state index contributed by atoms with van der Waals surface area (Å²) in [5.74, 6) is 0. The molecule has 0 aliphatic heterocycles. The second-order valence-electron chi connectivity index (χ2n) is 4.54. The first-order valence-corrected chi connectivity index (χ1v) is 7.81. The number of halogens is 1. The molecular formula is C14H15ClN2O2S. The summed E-state index contributed by atoms with van der Waals surface area (Å²) in [6.45, 7) is 3.52. The van der Waals surface area contributed by atoms with Crippen molar-refractivity contribution in [1.82, 2.24) is 0 Å². The molecule has 3 N–H and O–H groups in total. The first-order chi connectivity index (χ1) is 9.31. The summed E-state index contributed by atoms with van der Waals surface area (Å²) in [5.41, 5.74) is 8.12. The third kappa shape index (κ3) is 2.89. The third-order valence-electron chi connectivity index (χ3n) is 3.06. The van der Waals surface area contributed by atoms with Crippen LogP contribution in [0.4, 0.5) is 11.4 Å². The predicted molar refractivity (Wildman–Crippen MR) is 82.6 cm³/mol. The second-order valence-corrected chi connectivity index (χ2v) is 6.63. The van der Waals surface area contributed by atoms with Crippen LogP contribution in [0.3, 0.4) is 0 Å². The summed E-state index contributed by atoms with van der Waals surface area (Å²) < 4.78 is 27.2. The molecular weight excluding hydrogens is 296 g/mol. The summed E-state index contributed by atoms with van der Waals surface area (Å²) in [5, 5.41) is 0.513. The highest BCUT2D eigenvalue weighted by molar-refractivity contribution is 7.92. The average molecular weight is 311 g/mol. The van der Waals surface area contributed by atoms with Crippen LogP contribution in [-0.2, 0) is 10.0 Å². The highest BCUT2D eigenvalue weighted by atomic mass is 35.5. The summed E-state index contributed by atoms with van der Waals surface area (Å²) >= 11 is 5.98. The molecule has 0 saturated heterocycles. The molecule has 2 rings (SSSR count). The Bertz CT molecular complexity index is 758. The maximum absolute atomic E-state index is 12.3. The van der Waals surface area contributed by atoms with Gasteiger partial charge in [-0.3, -0.25) is 4.72 Å². The van der Waals surface area contributed by atoms with E-state index in [2.05, 4.69) is 4.72 Å². The van der Waals surface area contributed by atoms with E-state index >= 15 is 0 Å². The van der Waals surface area contributed by atoms with Crippen molar-refractivity contribution in [1.29, 1.82) is 0 Å². The number of aryl methyl sites for hydroxylation is 1. The fourth-order valence-corrected chi connectivity index (χ4v) is 3.12. The number of nitrogens with one attached hydrogen (secondary N) is 1. The number of rotatable bonds is 3. The number of anilines is 2. The minimum absolute atomic E-state index is 0.170. The predicted octanol–water partition coefficient (Wildman–Crippen LogP) is 3.34. The monoisotopic (exact) mass is 310 g/mol. The number of nitrogens with two attached hydrogens (primary N) is 1. The molecule has 0 atom stereocenters. The molecule has 0 aliphatic rings. The van der Waals surface area contributed by atoms with Crippen LogP contribution in [0.5, 0.6) is 0 Å². The molecule has 6 heteroatoms. The molecule has 0 aliphatic carbocycles. The van der Waals surface area contributed by atoms with Crippen molar-refractivity contribution in [2.75, 3.05) is 10.5 Å². The molecule has 0 radical (unpaired) electrons. The molecule has 0 bridgehead atoms. The van der Waals surface area contributed by atoms with Gasteiger partial charge in [0.1, 0.15) is 0 Å². The quantitative estimate of drug-likeness (QED) is 0.854. The van der Waals surface area contributed by atoms with Crippen LogP contribution >= 0.6 is 11.6 Å². The summed E-state index contributed by atoms with van der Waals surface area (Å²) in [7, 11) is -3.66. The summed E-state index contributed by atoms with van der Waals surface area (Å²) in [6, 6.07) is 9.67. The van der Waals surface area contributed by atoms with Gasteiger partial charge in [0.15, 0.2) is 0 Å². The number of hydrogen-bond acceptors (Lipinski definition) is 3. The maximum Gasteiger partial charge on any atom is 0.261 e. The van der Waals surface area contributed by atoms with E-state index in [1.165, 1.54) is 12.1 Å². The molecule has 0 saturated carbocycles. The van der Waals surface area contributed by atoms with E-state index in [9.17, 15) is 8.42 Å². The van der Waals surface area contributed by atoms with E-state index in [4.69, 9.17) is 17.3 Å². The lowest BCUT2D eigenvalue weighted by Gasteiger charge is -2.12. The molecule has 0 heterocycles. The average Bonchev–Trinajstić information content (AvgIpc) is 2.38. The van der Waals surface area contributed by atoms with Gasteiger partial charge < -0.3 is 5.73 Å². The standard InChI is InChI=1S/C14H15ClN2O2S/c1-9-8-11(6-7-13(9)16)20(18,19)17-14-5-3-4-12(15)10(14)2/h3-8,17H,16H2,1-2H3. The van der Waals surface area contributed by atoms with Crippen molar-refractivity contribution in [3.8, 4) is 0 Å². The Labute approximate surface area is 123 Å². The van der Waals surface area contributed by atoms with Crippen molar-refractivity contribution in [3.63, 3.8) is 0 Å². The van der Waals surface area contributed by atoms with E-state index < -0.39 is 10.0 Å². The van der Waals surface area contributed by atoms with Gasteiger partial charge in [0.2, 0.25) is 0 Å². The van der Waals surface area contributed by atoms with E-state index in [1.807, 2.05) is 0 Å². The Balaban J connectivity index is 2.41. The van der Waals surface area contributed by atoms with E-state index in [-0.39, 0.29) is 4.90 Å². The first kappa shape index (κ1) is 14.7. The highest BCUT2D eigenvalue weighted by Gasteiger charge is 2.16. The largest absolute Gasteiger partial charge is 0.399 e. The van der Waals surface area contributed by atoms with E-state index in [0.717, 1.165) is 5.56 Å². The molecule has 2 aromatic rings. The minimum atomic E-state index is -3.66. The van der Waals surface area contributed by atoms with Gasteiger partial charge in [-0.1, -0.05) is 17.7 Å².